The van der Waals surface area contributed by atoms with Gasteiger partial charge < -0.3 is 10.6 Å². The maximum atomic E-state index is 13.2. The number of thioether (sulfide) groups is 1. The van der Waals surface area contributed by atoms with Crippen molar-refractivity contribution in [3.63, 3.8) is 0 Å². The molecule has 7 nitrogen and oxygen atoms in total. The quantitative estimate of drug-likeness (QED) is 0.161. The Labute approximate surface area is 233 Å². The van der Waals surface area contributed by atoms with Crippen LogP contribution in [0, 0.1) is 0 Å². The maximum absolute atomic E-state index is 13.2. The van der Waals surface area contributed by atoms with Crippen molar-refractivity contribution in [1.82, 2.24) is 10.2 Å². The van der Waals surface area contributed by atoms with E-state index in [1.54, 1.807) is 60.7 Å². The Hall–Kier alpha value is -4.47. The molecule has 1 aromatic heterocycles. The molecule has 0 aliphatic carbocycles. The second-order valence-corrected chi connectivity index (χ2v) is 10.5. The Bertz CT molecular complexity index is 1530. The van der Waals surface area contributed by atoms with Gasteiger partial charge in [0.25, 0.3) is 23.6 Å². The van der Waals surface area contributed by atoms with Crippen LogP contribution in [0.2, 0.25) is 0 Å². The van der Waals surface area contributed by atoms with Crippen LogP contribution < -0.4 is 10.6 Å². The minimum absolute atomic E-state index is 0.117. The first-order valence-electron chi connectivity index (χ1n) is 12.1. The second-order valence-electron chi connectivity index (χ2n) is 8.57. The number of nitrogens with zero attached hydrogens (tertiary/aromatic N) is 1. The lowest BCUT2D eigenvalue weighted by Gasteiger charge is -2.14. The summed E-state index contributed by atoms with van der Waals surface area (Å²) in [6.45, 7) is 0.270. The van der Waals surface area contributed by atoms with Crippen molar-refractivity contribution >= 4 is 58.5 Å². The lowest BCUT2D eigenvalue weighted by molar-refractivity contribution is -0.113. The standard InChI is InChI=1S/C30H23N3O4S2/c34-27(21-7-2-1-3-8-21)32-26(17-20-13-15-38-19-20)28(35)31-22-9-6-10-23(18-22)39-16-14-33-29(36)24-11-4-5-12-25(24)30(33)37/h1-13,15,17-19H,14,16H2,(H,31,35)(H,32,34)/b26-17+. The van der Waals surface area contributed by atoms with Gasteiger partial charge in [0.05, 0.1) is 11.1 Å². The summed E-state index contributed by atoms with van der Waals surface area (Å²) in [5.74, 6) is -0.901. The number of fused-ring (bicyclic) bond motifs is 1. The number of anilines is 1. The molecule has 0 bridgehead atoms. The van der Waals surface area contributed by atoms with Crippen LogP contribution in [-0.4, -0.2) is 40.8 Å². The van der Waals surface area contributed by atoms with Crippen LogP contribution in [0.4, 0.5) is 5.69 Å². The van der Waals surface area contributed by atoms with E-state index in [-0.39, 0.29) is 30.0 Å². The molecule has 0 radical (unpaired) electrons. The fraction of sp³-hybridized carbons (Fsp3) is 0.0667. The highest BCUT2D eigenvalue weighted by atomic mass is 32.2. The van der Waals surface area contributed by atoms with E-state index in [9.17, 15) is 19.2 Å². The summed E-state index contributed by atoms with van der Waals surface area (Å²) >= 11 is 2.96. The Balaban J connectivity index is 1.23. The Morgan fingerprint density at radius 1 is 0.872 bits per heavy atom. The van der Waals surface area contributed by atoms with Crippen molar-refractivity contribution in [2.45, 2.75) is 4.90 Å². The number of benzene rings is 3. The first kappa shape index (κ1) is 26.1. The van der Waals surface area contributed by atoms with Crippen molar-refractivity contribution in [2.24, 2.45) is 0 Å². The zero-order valence-corrected chi connectivity index (χ0v) is 22.3. The normalized spacial score (nSPS) is 12.8. The summed E-state index contributed by atoms with van der Waals surface area (Å²) in [5.41, 5.74) is 2.78. The van der Waals surface area contributed by atoms with Crippen molar-refractivity contribution < 1.29 is 19.2 Å². The number of hydrogen-bond donors (Lipinski definition) is 2. The Morgan fingerprint density at radius 2 is 1.59 bits per heavy atom. The number of nitrogens with one attached hydrogen (secondary N) is 2. The molecule has 5 rings (SSSR count). The van der Waals surface area contributed by atoms with Gasteiger partial charge in [-0.3, -0.25) is 24.1 Å². The van der Waals surface area contributed by atoms with Crippen molar-refractivity contribution in [2.75, 3.05) is 17.6 Å². The third-order valence-corrected chi connectivity index (χ3v) is 7.61. The molecule has 4 amide bonds. The summed E-state index contributed by atoms with van der Waals surface area (Å²) < 4.78 is 0. The van der Waals surface area contributed by atoms with Gasteiger partial charge in [-0.2, -0.15) is 11.3 Å². The average Bonchev–Trinajstić information content (AvgIpc) is 3.56. The molecule has 9 heteroatoms. The molecule has 0 fully saturated rings. The molecule has 0 saturated carbocycles. The number of rotatable bonds is 9. The van der Waals surface area contributed by atoms with Gasteiger partial charge >= 0.3 is 0 Å². The number of carbonyl (C=O) groups is 4. The molecule has 2 heterocycles. The van der Waals surface area contributed by atoms with E-state index in [1.807, 2.05) is 41.1 Å². The summed E-state index contributed by atoms with van der Waals surface area (Å²) in [7, 11) is 0. The van der Waals surface area contributed by atoms with Gasteiger partial charge in [-0.25, -0.2) is 0 Å². The fourth-order valence-electron chi connectivity index (χ4n) is 4.03. The van der Waals surface area contributed by atoms with Crippen molar-refractivity contribution in [3.8, 4) is 0 Å². The molecule has 2 N–H and O–H groups in total. The first-order valence-corrected chi connectivity index (χ1v) is 14.0. The van der Waals surface area contributed by atoms with Crippen LogP contribution in [-0.2, 0) is 4.79 Å². The smallest absolute Gasteiger partial charge is 0.272 e. The van der Waals surface area contributed by atoms with Gasteiger partial charge in [-0.1, -0.05) is 36.4 Å². The number of thiophene rings is 1. The maximum Gasteiger partial charge on any atom is 0.272 e. The van der Waals surface area contributed by atoms with Crippen LogP contribution in [0.1, 0.15) is 36.6 Å². The average molecular weight is 554 g/mol. The second kappa shape index (κ2) is 11.9. The summed E-state index contributed by atoms with van der Waals surface area (Å²) in [4.78, 5) is 53.3. The van der Waals surface area contributed by atoms with Gasteiger partial charge in [-0.05, 0) is 70.9 Å². The SMILES string of the molecule is O=C(Nc1cccc(SCCN2C(=O)c3ccccc3C2=O)c1)/C(=C\c1ccsc1)NC(=O)c1ccccc1. The monoisotopic (exact) mass is 553 g/mol. The van der Waals surface area contributed by atoms with Crippen molar-refractivity contribution in [3.05, 3.63) is 124 Å². The highest BCUT2D eigenvalue weighted by molar-refractivity contribution is 7.99. The van der Waals surface area contributed by atoms with Crippen LogP contribution in [0.15, 0.2) is 106 Å². The van der Waals surface area contributed by atoms with Gasteiger partial charge in [0.1, 0.15) is 5.70 Å². The number of hydrogen-bond acceptors (Lipinski definition) is 6. The molecule has 39 heavy (non-hydrogen) atoms. The zero-order valence-electron chi connectivity index (χ0n) is 20.6. The molecule has 0 saturated heterocycles. The first-order chi connectivity index (χ1) is 19.0. The van der Waals surface area contributed by atoms with E-state index in [0.717, 1.165) is 10.5 Å². The van der Waals surface area contributed by atoms with Gasteiger partial charge in [-0.15, -0.1) is 11.8 Å². The topological polar surface area (TPSA) is 95.6 Å². The third kappa shape index (κ3) is 6.17. The summed E-state index contributed by atoms with van der Waals surface area (Å²) in [6.07, 6.45) is 1.63. The molecule has 3 aromatic carbocycles. The number of imide groups is 1. The van der Waals surface area contributed by atoms with E-state index >= 15 is 0 Å². The highest BCUT2D eigenvalue weighted by Crippen LogP contribution is 2.26. The lowest BCUT2D eigenvalue weighted by atomic mass is 10.1. The molecule has 0 unspecified atom stereocenters. The third-order valence-electron chi connectivity index (χ3n) is 5.94. The van der Waals surface area contributed by atoms with Crippen LogP contribution in [0.5, 0.6) is 0 Å². The van der Waals surface area contributed by atoms with Crippen LogP contribution >= 0.6 is 23.1 Å². The minimum atomic E-state index is -0.460. The minimum Gasteiger partial charge on any atom is -0.321 e. The molecule has 1 aliphatic rings. The predicted molar refractivity (Wildman–Crippen MR) is 154 cm³/mol. The molecule has 0 atom stereocenters. The summed E-state index contributed by atoms with van der Waals surface area (Å²) in [6, 6.07) is 24.6. The van der Waals surface area contributed by atoms with E-state index in [4.69, 9.17) is 0 Å². The van der Waals surface area contributed by atoms with Crippen molar-refractivity contribution in [1.29, 1.82) is 0 Å². The molecule has 0 spiro atoms. The van der Waals surface area contributed by atoms with E-state index in [2.05, 4.69) is 10.6 Å². The Kier molecular flexibility index (Phi) is 8.00. The molecular weight excluding hydrogens is 530 g/mol. The molecule has 4 aromatic rings. The lowest BCUT2D eigenvalue weighted by Crippen LogP contribution is -2.31. The molecule has 1 aliphatic heterocycles. The number of amides is 4. The van der Waals surface area contributed by atoms with Gasteiger partial charge in [0, 0.05) is 28.4 Å². The highest BCUT2D eigenvalue weighted by Gasteiger charge is 2.34. The van der Waals surface area contributed by atoms with Crippen LogP contribution in [0.3, 0.4) is 0 Å². The van der Waals surface area contributed by atoms with Gasteiger partial charge in [0.2, 0.25) is 0 Å². The Morgan fingerprint density at radius 3 is 2.28 bits per heavy atom. The van der Waals surface area contributed by atoms with Crippen LogP contribution in [0.25, 0.3) is 6.08 Å². The van der Waals surface area contributed by atoms with Gasteiger partial charge in [0.15, 0.2) is 0 Å². The zero-order chi connectivity index (χ0) is 27.2. The van der Waals surface area contributed by atoms with E-state index in [0.29, 0.717) is 28.1 Å². The summed E-state index contributed by atoms with van der Waals surface area (Å²) in [5, 5.41) is 9.36. The molecule has 194 valence electrons. The van der Waals surface area contributed by atoms with E-state index < -0.39 is 5.91 Å². The number of carbonyl (C=O) groups excluding carboxylic acids is 4. The molecular formula is C30H23N3O4S2. The fourth-order valence-corrected chi connectivity index (χ4v) is 5.54. The largest absolute Gasteiger partial charge is 0.321 e. The predicted octanol–water partition coefficient (Wildman–Crippen LogP) is 5.55. The van der Waals surface area contributed by atoms with E-state index in [1.165, 1.54) is 28.0 Å².